The first-order valence-corrected chi connectivity index (χ1v) is 4.36. The van der Waals surface area contributed by atoms with E-state index < -0.39 is 18.1 Å². The highest BCUT2D eigenvalue weighted by molar-refractivity contribution is 6.30. The molecule has 5 nitrogen and oxygen atoms in total. The number of halogens is 1. The maximum Gasteiger partial charge on any atom is 0.353 e. The van der Waals surface area contributed by atoms with Gasteiger partial charge in [0.05, 0.1) is 0 Å². The van der Waals surface area contributed by atoms with Crippen LogP contribution >= 0.6 is 11.6 Å². The molecule has 1 atom stereocenters. The van der Waals surface area contributed by atoms with Crippen molar-refractivity contribution in [1.82, 2.24) is 5.32 Å². The Hall–Kier alpha value is -1.59. The van der Waals surface area contributed by atoms with Crippen LogP contribution in [-0.2, 0) is 4.79 Å². The van der Waals surface area contributed by atoms with Gasteiger partial charge in [0, 0.05) is 10.6 Å². The van der Waals surface area contributed by atoms with Gasteiger partial charge in [0.25, 0.3) is 5.91 Å². The van der Waals surface area contributed by atoms with E-state index in [1.807, 2.05) is 5.32 Å². The fraction of sp³-hybridized carbons (Fsp3) is 0.111. The summed E-state index contributed by atoms with van der Waals surface area (Å²) in [6.45, 7) is 0. The number of nitrogens with one attached hydrogen (secondary N) is 1. The Morgan fingerprint density at radius 1 is 1.27 bits per heavy atom. The molecule has 15 heavy (non-hydrogen) atoms. The summed E-state index contributed by atoms with van der Waals surface area (Å²) in [5.74, 6) is -2.20. The fourth-order valence-electron chi connectivity index (χ4n) is 0.871. The van der Waals surface area contributed by atoms with Gasteiger partial charge >= 0.3 is 5.97 Å². The molecule has 1 unspecified atom stereocenters. The first kappa shape index (κ1) is 11.5. The number of benzene rings is 1. The Bertz CT molecular complexity index is 376. The molecule has 0 heterocycles. The zero-order valence-electron chi connectivity index (χ0n) is 7.48. The van der Waals surface area contributed by atoms with Crippen molar-refractivity contribution in [3.63, 3.8) is 0 Å². The SMILES string of the molecule is O=C(NC(O)C(=O)O)c1ccc(Cl)cc1. The average Bonchev–Trinajstić information content (AvgIpc) is 2.18. The highest BCUT2D eigenvalue weighted by Crippen LogP contribution is 2.09. The van der Waals surface area contributed by atoms with E-state index >= 15 is 0 Å². The van der Waals surface area contributed by atoms with Gasteiger partial charge in [0.2, 0.25) is 6.23 Å². The fourth-order valence-corrected chi connectivity index (χ4v) is 0.996. The van der Waals surface area contributed by atoms with Crippen molar-refractivity contribution in [3.05, 3.63) is 34.9 Å². The van der Waals surface area contributed by atoms with Crippen LogP contribution in [0.1, 0.15) is 10.4 Å². The molecular weight excluding hydrogens is 222 g/mol. The van der Waals surface area contributed by atoms with Crippen molar-refractivity contribution < 1.29 is 19.8 Å². The van der Waals surface area contributed by atoms with E-state index in [9.17, 15) is 9.59 Å². The number of amides is 1. The molecule has 0 saturated heterocycles. The minimum Gasteiger partial charge on any atom is -0.478 e. The van der Waals surface area contributed by atoms with Crippen molar-refractivity contribution in [2.45, 2.75) is 6.23 Å². The minimum atomic E-state index is -1.91. The molecule has 0 aromatic heterocycles. The van der Waals surface area contributed by atoms with E-state index in [1.54, 1.807) is 0 Å². The summed E-state index contributed by atoms with van der Waals surface area (Å²) >= 11 is 5.60. The molecule has 0 saturated carbocycles. The Morgan fingerprint density at radius 3 is 2.27 bits per heavy atom. The van der Waals surface area contributed by atoms with Crippen LogP contribution in [0.4, 0.5) is 0 Å². The van der Waals surface area contributed by atoms with E-state index in [0.29, 0.717) is 5.02 Å². The number of carbonyl (C=O) groups excluding carboxylic acids is 1. The van der Waals surface area contributed by atoms with Crippen molar-refractivity contribution in [1.29, 1.82) is 0 Å². The van der Waals surface area contributed by atoms with Gasteiger partial charge in [-0.25, -0.2) is 4.79 Å². The zero-order valence-corrected chi connectivity index (χ0v) is 8.23. The van der Waals surface area contributed by atoms with Crippen molar-refractivity contribution >= 4 is 23.5 Å². The molecule has 80 valence electrons. The molecule has 0 fully saturated rings. The third-order valence-corrected chi connectivity index (χ3v) is 1.86. The predicted molar refractivity (Wildman–Crippen MR) is 52.6 cm³/mol. The van der Waals surface area contributed by atoms with Crippen LogP contribution < -0.4 is 5.32 Å². The average molecular weight is 230 g/mol. The van der Waals surface area contributed by atoms with Crippen molar-refractivity contribution in [3.8, 4) is 0 Å². The molecule has 6 heteroatoms. The quantitative estimate of drug-likeness (QED) is 0.658. The molecule has 0 radical (unpaired) electrons. The van der Waals surface area contributed by atoms with Crippen LogP contribution in [0.2, 0.25) is 5.02 Å². The second-order valence-electron chi connectivity index (χ2n) is 2.72. The number of aliphatic carboxylic acids is 1. The van der Waals surface area contributed by atoms with Gasteiger partial charge < -0.3 is 15.5 Å². The number of carboxylic acid groups (broad SMARTS) is 1. The highest BCUT2D eigenvalue weighted by atomic mass is 35.5. The number of carboxylic acids is 1. The number of carbonyl (C=O) groups is 2. The lowest BCUT2D eigenvalue weighted by Crippen LogP contribution is -2.40. The Balaban J connectivity index is 2.69. The molecule has 0 aliphatic heterocycles. The first-order valence-electron chi connectivity index (χ1n) is 3.98. The summed E-state index contributed by atoms with van der Waals surface area (Å²) in [5.41, 5.74) is 0.222. The molecule has 1 rings (SSSR count). The molecule has 0 spiro atoms. The Labute approximate surface area is 90.3 Å². The third-order valence-electron chi connectivity index (χ3n) is 1.61. The summed E-state index contributed by atoms with van der Waals surface area (Å²) < 4.78 is 0. The summed E-state index contributed by atoms with van der Waals surface area (Å²) in [6.07, 6.45) is -1.91. The minimum absolute atomic E-state index is 0.222. The van der Waals surface area contributed by atoms with Crippen LogP contribution in [0.15, 0.2) is 24.3 Å². The van der Waals surface area contributed by atoms with Gasteiger partial charge in [0.15, 0.2) is 0 Å². The molecule has 0 aliphatic rings. The largest absolute Gasteiger partial charge is 0.478 e. The molecule has 0 aliphatic carbocycles. The lowest BCUT2D eigenvalue weighted by molar-refractivity contribution is -0.147. The highest BCUT2D eigenvalue weighted by Gasteiger charge is 2.16. The zero-order chi connectivity index (χ0) is 11.4. The monoisotopic (exact) mass is 229 g/mol. The predicted octanol–water partition coefficient (Wildman–Crippen LogP) is 0.473. The Kier molecular flexibility index (Phi) is 3.65. The van der Waals surface area contributed by atoms with Crippen molar-refractivity contribution in [2.75, 3.05) is 0 Å². The number of aliphatic hydroxyl groups is 1. The van der Waals surface area contributed by atoms with E-state index in [1.165, 1.54) is 24.3 Å². The molecule has 3 N–H and O–H groups in total. The normalized spacial score (nSPS) is 11.9. The van der Waals surface area contributed by atoms with Gasteiger partial charge in [-0.1, -0.05) is 11.6 Å². The van der Waals surface area contributed by atoms with E-state index in [2.05, 4.69) is 0 Å². The Morgan fingerprint density at radius 2 is 1.80 bits per heavy atom. The van der Waals surface area contributed by atoms with Crippen LogP contribution in [-0.4, -0.2) is 28.3 Å². The molecule has 1 aromatic rings. The van der Waals surface area contributed by atoms with Crippen LogP contribution in [0.3, 0.4) is 0 Å². The van der Waals surface area contributed by atoms with Gasteiger partial charge in [-0.05, 0) is 24.3 Å². The lowest BCUT2D eigenvalue weighted by Gasteiger charge is -2.07. The van der Waals surface area contributed by atoms with Crippen LogP contribution in [0, 0.1) is 0 Å². The van der Waals surface area contributed by atoms with E-state index in [0.717, 1.165) is 0 Å². The molecular formula is C9H8ClNO4. The molecule has 1 aromatic carbocycles. The number of hydrogen-bond acceptors (Lipinski definition) is 3. The number of rotatable bonds is 3. The third kappa shape index (κ3) is 3.23. The smallest absolute Gasteiger partial charge is 0.353 e. The topological polar surface area (TPSA) is 86.6 Å². The molecule has 1 amide bonds. The summed E-state index contributed by atoms with van der Waals surface area (Å²) in [5, 5.41) is 19.5. The lowest BCUT2D eigenvalue weighted by atomic mass is 10.2. The summed E-state index contributed by atoms with van der Waals surface area (Å²) in [6, 6.07) is 5.83. The maximum absolute atomic E-state index is 11.3. The number of aliphatic hydroxyl groups excluding tert-OH is 1. The van der Waals surface area contributed by atoms with E-state index in [4.69, 9.17) is 21.8 Å². The van der Waals surface area contributed by atoms with Gasteiger partial charge in [0.1, 0.15) is 0 Å². The first-order chi connectivity index (χ1) is 7.00. The van der Waals surface area contributed by atoms with Gasteiger partial charge in [-0.2, -0.15) is 0 Å². The standard InChI is InChI=1S/C9H8ClNO4/c10-6-3-1-5(2-4-6)7(12)11-8(13)9(14)15/h1-4,8,13H,(H,11,12)(H,14,15). The second kappa shape index (κ2) is 4.77. The van der Waals surface area contributed by atoms with E-state index in [-0.39, 0.29) is 5.56 Å². The van der Waals surface area contributed by atoms with Crippen LogP contribution in [0.25, 0.3) is 0 Å². The van der Waals surface area contributed by atoms with Gasteiger partial charge in [-0.3, -0.25) is 4.79 Å². The van der Waals surface area contributed by atoms with Crippen molar-refractivity contribution in [2.24, 2.45) is 0 Å². The maximum atomic E-state index is 11.3. The second-order valence-corrected chi connectivity index (χ2v) is 3.16. The number of hydrogen-bond donors (Lipinski definition) is 3. The molecule has 0 bridgehead atoms. The van der Waals surface area contributed by atoms with Gasteiger partial charge in [-0.15, -0.1) is 0 Å². The van der Waals surface area contributed by atoms with Crippen LogP contribution in [0.5, 0.6) is 0 Å². The summed E-state index contributed by atoms with van der Waals surface area (Å²) in [7, 11) is 0. The summed E-state index contributed by atoms with van der Waals surface area (Å²) in [4.78, 5) is 21.5.